The molecule has 0 saturated heterocycles. The lowest BCUT2D eigenvalue weighted by Crippen LogP contribution is -2.38. The zero-order valence-electron chi connectivity index (χ0n) is 16.0. The van der Waals surface area contributed by atoms with E-state index in [9.17, 15) is 9.59 Å². The van der Waals surface area contributed by atoms with E-state index in [0.717, 1.165) is 49.2 Å². The standard InChI is InChI=1S/C21H25N3O2S/c1-21(2,3)19(26)24-10-9-15-11-14(7-8-17(15)24)16-12-27-20(22-16)23-18(25)13-5-4-6-13/h7-8,11-13H,4-6,9-10H2,1-3H3,(H,22,23,25). The fourth-order valence-electron chi connectivity index (χ4n) is 3.52. The quantitative estimate of drug-likeness (QED) is 0.850. The van der Waals surface area contributed by atoms with Crippen LogP contribution in [0.25, 0.3) is 11.3 Å². The maximum Gasteiger partial charge on any atom is 0.232 e. The molecule has 5 nitrogen and oxygen atoms in total. The number of nitrogens with zero attached hydrogens (tertiary/aromatic N) is 2. The van der Waals surface area contributed by atoms with Gasteiger partial charge in [0.25, 0.3) is 0 Å². The molecule has 2 heterocycles. The van der Waals surface area contributed by atoms with E-state index in [0.29, 0.717) is 5.13 Å². The summed E-state index contributed by atoms with van der Waals surface area (Å²) in [6.07, 6.45) is 3.98. The van der Waals surface area contributed by atoms with E-state index in [4.69, 9.17) is 0 Å². The Hall–Kier alpha value is -2.21. The van der Waals surface area contributed by atoms with E-state index < -0.39 is 0 Å². The summed E-state index contributed by atoms with van der Waals surface area (Å²) >= 11 is 1.46. The number of fused-ring (bicyclic) bond motifs is 1. The third-order valence-electron chi connectivity index (χ3n) is 5.37. The van der Waals surface area contributed by atoms with Crippen molar-refractivity contribution in [3.63, 3.8) is 0 Å². The van der Waals surface area contributed by atoms with Gasteiger partial charge >= 0.3 is 0 Å². The van der Waals surface area contributed by atoms with Gasteiger partial charge in [0.1, 0.15) is 0 Å². The Morgan fingerprint density at radius 1 is 1.26 bits per heavy atom. The second-order valence-corrected chi connectivity index (χ2v) is 9.31. The van der Waals surface area contributed by atoms with Crippen LogP contribution in [0.1, 0.15) is 45.6 Å². The van der Waals surface area contributed by atoms with Crippen LogP contribution in [0.5, 0.6) is 0 Å². The van der Waals surface area contributed by atoms with E-state index in [2.05, 4.69) is 16.4 Å². The van der Waals surface area contributed by atoms with Crippen molar-refractivity contribution in [2.45, 2.75) is 46.5 Å². The molecule has 2 aliphatic rings. The number of nitrogens with one attached hydrogen (secondary N) is 1. The highest BCUT2D eigenvalue weighted by molar-refractivity contribution is 7.14. The minimum absolute atomic E-state index is 0.0902. The highest BCUT2D eigenvalue weighted by Gasteiger charge is 2.32. The van der Waals surface area contributed by atoms with Crippen molar-refractivity contribution >= 4 is 34.0 Å². The average Bonchev–Trinajstić information content (AvgIpc) is 3.17. The summed E-state index contributed by atoms with van der Waals surface area (Å²) < 4.78 is 0. The molecule has 2 amide bonds. The van der Waals surface area contributed by atoms with Crippen molar-refractivity contribution in [2.24, 2.45) is 11.3 Å². The van der Waals surface area contributed by atoms with Crippen LogP contribution in [0.15, 0.2) is 23.6 Å². The Bertz CT molecular complexity index is 893. The first-order valence-corrected chi connectivity index (χ1v) is 10.4. The number of carbonyl (C=O) groups excluding carboxylic acids is 2. The summed E-state index contributed by atoms with van der Waals surface area (Å²) in [5, 5.41) is 5.58. The zero-order valence-corrected chi connectivity index (χ0v) is 16.9. The highest BCUT2D eigenvalue weighted by Crippen LogP contribution is 2.36. The number of hydrogen-bond donors (Lipinski definition) is 1. The van der Waals surface area contributed by atoms with Crippen LogP contribution in [0.2, 0.25) is 0 Å². The molecule has 4 rings (SSSR count). The first-order chi connectivity index (χ1) is 12.8. The molecule has 0 atom stereocenters. The smallest absolute Gasteiger partial charge is 0.232 e. The summed E-state index contributed by atoms with van der Waals surface area (Å²) in [6, 6.07) is 6.16. The third kappa shape index (κ3) is 3.50. The van der Waals surface area contributed by atoms with Crippen molar-refractivity contribution in [1.82, 2.24) is 4.98 Å². The van der Waals surface area contributed by atoms with Gasteiger partial charge in [0.2, 0.25) is 11.8 Å². The molecule has 2 aromatic rings. The van der Waals surface area contributed by atoms with E-state index in [1.54, 1.807) is 0 Å². The van der Waals surface area contributed by atoms with E-state index in [1.807, 2.05) is 43.2 Å². The Morgan fingerprint density at radius 2 is 2.04 bits per heavy atom. The molecule has 1 aromatic carbocycles. The monoisotopic (exact) mass is 383 g/mol. The molecule has 6 heteroatoms. The van der Waals surface area contributed by atoms with Gasteiger partial charge in [-0.3, -0.25) is 9.59 Å². The van der Waals surface area contributed by atoms with Gasteiger partial charge in [-0.2, -0.15) is 0 Å². The van der Waals surface area contributed by atoms with Crippen LogP contribution < -0.4 is 10.2 Å². The summed E-state index contributed by atoms with van der Waals surface area (Å²) in [6.45, 7) is 6.60. The first kappa shape index (κ1) is 18.2. The molecule has 1 aromatic heterocycles. The molecule has 0 bridgehead atoms. The number of anilines is 2. The summed E-state index contributed by atoms with van der Waals surface area (Å²) in [5.74, 6) is 0.403. The van der Waals surface area contributed by atoms with Gasteiger partial charge < -0.3 is 10.2 Å². The van der Waals surface area contributed by atoms with Crippen molar-refractivity contribution < 1.29 is 9.59 Å². The molecule has 1 aliphatic heterocycles. The van der Waals surface area contributed by atoms with Gasteiger partial charge in [-0.25, -0.2) is 4.98 Å². The van der Waals surface area contributed by atoms with Gasteiger partial charge in [-0.15, -0.1) is 11.3 Å². The highest BCUT2D eigenvalue weighted by atomic mass is 32.1. The molecular weight excluding hydrogens is 358 g/mol. The lowest BCUT2D eigenvalue weighted by Gasteiger charge is -2.26. The maximum absolute atomic E-state index is 12.7. The summed E-state index contributed by atoms with van der Waals surface area (Å²) in [4.78, 5) is 31.2. The fourth-order valence-corrected chi connectivity index (χ4v) is 4.24. The number of amides is 2. The second kappa shape index (κ2) is 6.75. The van der Waals surface area contributed by atoms with E-state index in [-0.39, 0.29) is 23.1 Å². The molecule has 1 fully saturated rings. The number of benzene rings is 1. The van der Waals surface area contributed by atoms with E-state index in [1.165, 1.54) is 16.9 Å². The van der Waals surface area contributed by atoms with Crippen LogP contribution in [0, 0.1) is 11.3 Å². The van der Waals surface area contributed by atoms with Crippen molar-refractivity contribution in [3.05, 3.63) is 29.1 Å². The molecule has 0 radical (unpaired) electrons. The fraction of sp³-hybridized carbons (Fsp3) is 0.476. The van der Waals surface area contributed by atoms with Crippen LogP contribution in [-0.2, 0) is 16.0 Å². The van der Waals surface area contributed by atoms with E-state index >= 15 is 0 Å². The molecule has 1 saturated carbocycles. The first-order valence-electron chi connectivity index (χ1n) is 9.54. The Kier molecular flexibility index (Phi) is 4.54. The lowest BCUT2D eigenvalue weighted by atomic mass is 9.85. The van der Waals surface area contributed by atoms with Gasteiger partial charge in [0.05, 0.1) is 5.69 Å². The maximum atomic E-state index is 12.7. The SMILES string of the molecule is CC(C)(C)C(=O)N1CCc2cc(-c3csc(NC(=O)C4CCC4)n3)ccc21. The molecule has 1 aliphatic carbocycles. The Morgan fingerprint density at radius 3 is 2.70 bits per heavy atom. The van der Waals surface area contributed by atoms with Gasteiger partial charge in [0.15, 0.2) is 5.13 Å². The number of carbonyl (C=O) groups is 2. The largest absolute Gasteiger partial charge is 0.311 e. The Balaban J connectivity index is 1.51. The minimum Gasteiger partial charge on any atom is -0.311 e. The normalized spacial score (nSPS) is 16.8. The summed E-state index contributed by atoms with van der Waals surface area (Å²) in [5.41, 5.74) is 3.69. The van der Waals surface area contributed by atoms with Crippen molar-refractivity contribution in [1.29, 1.82) is 0 Å². The molecule has 0 spiro atoms. The minimum atomic E-state index is -0.386. The molecular formula is C21H25N3O2S. The third-order valence-corrected chi connectivity index (χ3v) is 6.13. The molecule has 27 heavy (non-hydrogen) atoms. The molecule has 142 valence electrons. The topological polar surface area (TPSA) is 62.3 Å². The predicted molar refractivity (Wildman–Crippen MR) is 109 cm³/mol. The van der Waals surface area contributed by atoms with Gasteiger partial charge in [0, 0.05) is 34.5 Å². The second-order valence-electron chi connectivity index (χ2n) is 8.46. The molecule has 1 N–H and O–H groups in total. The number of aromatic nitrogens is 1. The van der Waals surface area contributed by atoms with Gasteiger partial charge in [-0.05, 0) is 37.0 Å². The average molecular weight is 384 g/mol. The zero-order chi connectivity index (χ0) is 19.2. The predicted octanol–water partition coefficient (Wildman–Crippen LogP) is 4.48. The van der Waals surface area contributed by atoms with Crippen LogP contribution in [-0.4, -0.2) is 23.3 Å². The molecule has 0 unspecified atom stereocenters. The number of hydrogen-bond acceptors (Lipinski definition) is 4. The lowest BCUT2D eigenvalue weighted by molar-refractivity contribution is -0.125. The van der Waals surface area contributed by atoms with Crippen LogP contribution in [0.3, 0.4) is 0 Å². The van der Waals surface area contributed by atoms with Gasteiger partial charge in [-0.1, -0.05) is 33.3 Å². The van der Waals surface area contributed by atoms with Crippen LogP contribution >= 0.6 is 11.3 Å². The number of rotatable bonds is 3. The summed E-state index contributed by atoms with van der Waals surface area (Å²) in [7, 11) is 0. The van der Waals surface area contributed by atoms with Crippen molar-refractivity contribution in [3.8, 4) is 11.3 Å². The Labute approximate surface area is 163 Å². The van der Waals surface area contributed by atoms with Crippen LogP contribution in [0.4, 0.5) is 10.8 Å². The van der Waals surface area contributed by atoms with Crippen molar-refractivity contribution in [2.75, 3.05) is 16.8 Å². The number of thiazole rings is 1.